The molecular formula is C20H27BrN4O. The average Bonchev–Trinajstić information content (AvgIpc) is 2.65. The molecule has 1 aliphatic heterocycles. The van der Waals surface area contributed by atoms with Gasteiger partial charge < -0.3 is 15.3 Å². The standard InChI is InChI=1S/C20H27BrN4O/c1-4-17-10-19(24-20(22-17)23-18(12-26)13(2)3)25-8-7-14-9-16(21)6-5-15(14)11-25/h5-6,9-10,13,18,26H,4,7-8,11-12H2,1-3H3,(H,22,23,24)/t18-/m1/s1. The number of aliphatic hydroxyl groups is 1. The van der Waals surface area contributed by atoms with Crippen molar-refractivity contribution in [2.75, 3.05) is 23.4 Å². The van der Waals surface area contributed by atoms with Crippen molar-refractivity contribution in [3.63, 3.8) is 0 Å². The van der Waals surface area contributed by atoms with Crippen LogP contribution in [0.4, 0.5) is 11.8 Å². The van der Waals surface area contributed by atoms with E-state index in [0.717, 1.165) is 41.9 Å². The summed E-state index contributed by atoms with van der Waals surface area (Å²) in [7, 11) is 0. The second kappa shape index (κ2) is 8.35. The highest BCUT2D eigenvalue weighted by molar-refractivity contribution is 9.10. The summed E-state index contributed by atoms with van der Waals surface area (Å²) >= 11 is 3.56. The van der Waals surface area contributed by atoms with E-state index in [0.29, 0.717) is 11.9 Å². The molecule has 0 amide bonds. The van der Waals surface area contributed by atoms with Gasteiger partial charge in [-0.3, -0.25) is 0 Å². The van der Waals surface area contributed by atoms with E-state index in [9.17, 15) is 5.11 Å². The number of hydrogen-bond donors (Lipinski definition) is 2. The summed E-state index contributed by atoms with van der Waals surface area (Å²) in [4.78, 5) is 11.7. The summed E-state index contributed by atoms with van der Waals surface area (Å²) in [5, 5.41) is 12.9. The summed E-state index contributed by atoms with van der Waals surface area (Å²) in [6.45, 7) is 8.13. The first-order valence-electron chi connectivity index (χ1n) is 9.27. The maximum atomic E-state index is 9.60. The number of hydrogen-bond acceptors (Lipinski definition) is 5. The third kappa shape index (κ3) is 4.35. The van der Waals surface area contributed by atoms with Crippen LogP contribution < -0.4 is 10.2 Å². The molecule has 0 unspecified atom stereocenters. The minimum absolute atomic E-state index is 0.0469. The molecule has 2 aromatic rings. The number of anilines is 2. The van der Waals surface area contributed by atoms with Crippen molar-refractivity contribution >= 4 is 27.7 Å². The lowest BCUT2D eigenvalue weighted by Crippen LogP contribution is -2.33. The zero-order chi connectivity index (χ0) is 18.7. The zero-order valence-corrected chi connectivity index (χ0v) is 17.3. The van der Waals surface area contributed by atoms with Crippen LogP contribution in [0.25, 0.3) is 0 Å². The van der Waals surface area contributed by atoms with Crippen LogP contribution in [0.1, 0.15) is 37.6 Å². The second-order valence-corrected chi connectivity index (χ2v) is 8.07. The topological polar surface area (TPSA) is 61.3 Å². The van der Waals surface area contributed by atoms with Crippen LogP contribution in [-0.4, -0.2) is 34.3 Å². The Kier molecular flexibility index (Phi) is 6.14. The second-order valence-electron chi connectivity index (χ2n) is 7.16. The Morgan fingerprint density at radius 2 is 2.04 bits per heavy atom. The minimum atomic E-state index is -0.0469. The quantitative estimate of drug-likeness (QED) is 0.746. The van der Waals surface area contributed by atoms with Crippen molar-refractivity contribution < 1.29 is 5.11 Å². The van der Waals surface area contributed by atoms with Crippen molar-refractivity contribution in [1.29, 1.82) is 0 Å². The molecule has 3 rings (SSSR count). The Bertz CT molecular complexity index is 765. The smallest absolute Gasteiger partial charge is 0.225 e. The molecule has 0 saturated carbocycles. The Balaban J connectivity index is 1.85. The van der Waals surface area contributed by atoms with E-state index in [4.69, 9.17) is 4.98 Å². The molecule has 2 heterocycles. The number of rotatable bonds is 6. The molecule has 0 radical (unpaired) electrons. The molecule has 1 aliphatic rings. The molecule has 140 valence electrons. The van der Waals surface area contributed by atoms with Crippen LogP contribution in [0.5, 0.6) is 0 Å². The van der Waals surface area contributed by atoms with Crippen molar-refractivity contribution in [3.05, 3.63) is 45.6 Å². The number of aromatic nitrogens is 2. The van der Waals surface area contributed by atoms with Gasteiger partial charge in [0.1, 0.15) is 5.82 Å². The van der Waals surface area contributed by atoms with Gasteiger partial charge in [-0.25, -0.2) is 4.98 Å². The monoisotopic (exact) mass is 418 g/mol. The van der Waals surface area contributed by atoms with Crippen LogP contribution in [0.15, 0.2) is 28.7 Å². The zero-order valence-electron chi connectivity index (χ0n) is 15.7. The van der Waals surface area contributed by atoms with Gasteiger partial charge in [-0.2, -0.15) is 4.98 Å². The number of nitrogens with one attached hydrogen (secondary N) is 1. The summed E-state index contributed by atoms with van der Waals surface area (Å²) < 4.78 is 1.13. The highest BCUT2D eigenvalue weighted by atomic mass is 79.9. The van der Waals surface area contributed by atoms with Crippen LogP contribution >= 0.6 is 15.9 Å². The number of aryl methyl sites for hydroxylation is 1. The largest absolute Gasteiger partial charge is 0.394 e. The Morgan fingerprint density at radius 1 is 1.23 bits per heavy atom. The fourth-order valence-electron chi connectivity index (χ4n) is 3.20. The van der Waals surface area contributed by atoms with Crippen LogP contribution in [0.3, 0.4) is 0 Å². The van der Waals surface area contributed by atoms with E-state index in [2.05, 4.69) is 76.2 Å². The van der Waals surface area contributed by atoms with Crippen LogP contribution in [0.2, 0.25) is 0 Å². The number of nitrogens with zero attached hydrogens (tertiary/aromatic N) is 3. The Morgan fingerprint density at radius 3 is 2.73 bits per heavy atom. The number of benzene rings is 1. The first-order chi connectivity index (χ1) is 12.5. The highest BCUT2D eigenvalue weighted by Gasteiger charge is 2.20. The fourth-order valence-corrected chi connectivity index (χ4v) is 3.61. The van der Waals surface area contributed by atoms with Crippen molar-refractivity contribution in [2.24, 2.45) is 5.92 Å². The summed E-state index contributed by atoms with van der Waals surface area (Å²) in [6, 6.07) is 8.53. The van der Waals surface area contributed by atoms with Gasteiger partial charge in [-0.1, -0.05) is 42.8 Å². The maximum Gasteiger partial charge on any atom is 0.225 e. The molecule has 26 heavy (non-hydrogen) atoms. The first kappa shape index (κ1) is 19.1. The van der Waals surface area contributed by atoms with E-state index in [1.165, 1.54) is 11.1 Å². The summed E-state index contributed by atoms with van der Waals surface area (Å²) in [5.74, 6) is 1.86. The predicted molar refractivity (Wildman–Crippen MR) is 110 cm³/mol. The van der Waals surface area contributed by atoms with E-state index < -0.39 is 0 Å². The Hall–Kier alpha value is -1.66. The fraction of sp³-hybridized carbons (Fsp3) is 0.500. The lowest BCUT2D eigenvalue weighted by atomic mass is 10.00. The van der Waals surface area contributed by atoms with Gasteiger partial charge in [0.25, 0.3) is 0 Å². The summed E-state index contributed by atoms with van der Waals surface area (Å²) in [6.07, 6.45) is 1.86. The molecule has 0 spiro atoms. The molecule has 1 aromatic heterocycles. The Labute approximate surface area is 164 Å². The highest BCUT2D eigenvalue weighted by Crippen LogP contribution is 2.27. The molecule has 6 heteroatoms. The molecule has 2 N–H and O–H groups in total. The molecule has 1 aromatic carbocycles. The van der Waals surface area contributed by atoms with Crippen molar-refractivity contribution in [3.8, 4) is 0 Å². The number of halogens is 1. The van der Waals surface area contributed by atoms with Gasteiger partial charge in [0.15, 0.2) is 0 Å². The van der Waals surface area contributed by atoms with Gasteiger partial charge in [0.05, 0.1) is 12.6 Å². The predicted octanol–water partition coefficient (Wildman–Crippen LogP) is 3.79. The average molecular weight is 419 g/mol. The number of fused-ring (bicyclic) bond motifs is 1. The SMILES string of the molecule is CCc1cc(N2CCc3cc(Br)ccc3C2)nc(N[C@H](CO)C(C)C)n1. The molecule has 0 aliphatic carbocycles. The molecule has 0 fully saturated rings. The van der Waals surface area contributed by atoms with Gasteiger partial charge in [-0.05, 0) is 42.0 Å². The third-order valence-electron chi connectivity index (χ3n) is 4.95. The van der Waals surface area contributed by atoms with Crippen LogP contribution in [0, 0.1) is 5.92 Å². The van der Waals surface area contributed by atoms with Gasteiger partial charge in [-0.15, -0.1) is 0 Å². The van der Waals surface area contributed by atoms with Gasteiger partial charge in [0.2, 0.25) is 5.95 Å². The van der Waals surface area contributed by atoms with Crippen molar-refractivity contribution in [1.82, 2.24) is 9.97 Å². The third-order valence-corrected chi connectivity index (χ3v) is 5.44. The molecule has 0 bridgehead atoms. The van der Waals surface area contributed by atoms with E-state index in [-0.39, 0.29) is 12.6 Å². The normalized spacial score (nSPS) is 15.1. The van der Waals surface area contributed by atoms with Gasteiger partial charge in [0, 0.05) is 29.3 Å². The lowest BCUT2D eigenvalue weighted by Gasteiger charge is -2.30. The minimum Gasteiger partial charge on any atom is -0.394 e. The van der Waals surface area contributed by atoms with E-state index in [1.807, 2.05) is 0 Å². The molecule has 1 atom stereocenters. The van der Waals surface area contributed by atoms with Gasteiger partial charge >= 0.3 is 0 Å². The molecule has 5 nitrogen and oxygen atoms in total. The first-order valence-corrected chi connectivity index (χ1v) is 10.1. The van der Waals surface area contributed by atoms with E-state index >= 15 is 0 Å². The summed E-state index contributed by atoms with van der Waals surface area (Å²) in [5.41, 5.74) is 3.76. The van der Waals surface area contributed by atoms with Crippen molar-refractivity contribution in [2.45, 2.75) is 46.2 Å². The lowest BCUT2D eigenvalue weighted by molar-refractivity contribution is 0.248. The van der Waals surface area contributed by atoms with E-state index in [1.54, 1.807) is 0 Å². The number of aliphatic hydroxyl groups excluding tert-OH is 1. The van der Waals surface area contributed by atoms with Crippen LogP contribution in [-0.2, 0) is 19.4 Å². The molecular weight excluding hydrogens is 392 g/mol. The maximum absolute atomic E-state index is 9.60. The molecule has 0 saturated heterocycles.